The molecule has 0 bridgehead atoms. The van der Waals surface area contributed by atoms with Crippen LogP contribution in [0.15, 0.2) is 42.5 Å². The minimum Gasteiger partial charge on any atom is -0.491 e. The summed E-state index contributed by atoms with van der Waals surface area (Å²) < 4.78 is 16.7. The molecule has 3 N–H and O–H groups in total. The largest absolute Gasteiger partial charge is 0.491 e. The van der Waals surface area contributed by atoms with E-state index in [2.05, 4.69) is 37.4 Å². The second kappa shape index (κ2) is 18.7. The van der Waals surface area contributed by atoms with Gasteiger partial charge in [0.15, 0.2) is 12.2 Å². The molecule has 0 radical (unpaired) electrons. The van der Waals surface area contributed by atoms with Crippen molar-refractivity contribution in [2.75, 3.05) is 45.8 Å². The van der Waals surface area contributed by atoms with Crippen LogP contribution in [0.4, 0.5) is 5.69 Å². The van der Waals surface area contributed by atoms with Crippen molar-refractivity contribution >= 4 is 23.5 Å². The molecule has 0 aliphatic carbocycles. The lowest BCUT2D eigenvalue weighted by Gasteiger charge is -2.27. The Kier molecular flexibility index (Phi) is 15.4. The predicted molar refractivity (Wildman–Crippen MR) is 161 cm³/mol. The van der Waals surface area contributed by atoms with Gasteiger partial charge in [-0.05, 0) is 81.2 Å². The number of rotatable bonds is 21. The maximum absolute atomic E-state index is 13.3. The molecule has 2 aromatic carbocycles. The number of hydrogen-bond acceptors (Lipinski definition) is 7. The zero-order valence-corrected chi connectivity index (χ0v) is 25.3. The van der Waals surface area contributed by atoms with Crippen LogP contribution in [0.25, 0.3) is 0 Å². The van der Waals surface area contributed by atoms with Crippen LogP contribution >= 0.6 is 0 Å². The first kappa shape index (κ1) is 34.6. The first-order valence-corrected chi connectivity index (χ1v) is 14.5. The van der Waals surface area contributed by atoms with Gasteiger partial charge in [-0.25, -0.2) is 9.59 Å². The Morgan fingerprint density at radius 3 is 2.26 bits per heavy atom. The number of nitrogens with zero attached hydrogens (tertiary/aromatic N) is 1. The number of ether oxygens (including phenoxy) is 3. The van der Waals surface area contributed by atoms with Gasteiger partial charge >= 0.3 is 11.9 Å². The summed E-state index contributed by atoms with van der Waals surface area (Å²) in [5.74, 6) is -2.55. The Morgan fingerprint density at radius 1 is 0.857 bits per heavy atom. The number of carboxylic acids is 2. The number of para-hydroxylation sites is 2. The fraction of sp³-hybridized carbons (Fsp3) is 0.531. The van der Waals surface area contributed by atoms with Crippen LogP contribution in [-0.2, 0) is 30.3 Å². The Hall–Kier alpha value is -3.63. The van der Waals surface area contributed by atoms with Crippen LogP contribution in [-0.4, -0.2) is 85.6 Å². The molecule has 2 unspecified atom stereocenters. The highest BCUT2D eigenvalue weighted by molar-refractivity contribution is 5.88. The lowest BCUT2D eigenvalue weighted by molar-refractivity contribution is -0.175. The van der Waals surface area contributed by atoms with Crippen molar-refractivity contribution in [2.24, 2.45) is 0 Å². The number of unbranched alkanes of at least 4 members (excludes halogenated alkanes) is 4. The molecule has 0 heterocycles. The predicted octanol–water partition coefficient (Wildman–Crippen LogP) is 4.71. The Bertz CT molecular complexity index is 1140. The van der Waals surface area contributed by atoms with Crippen LogP contribution in [0.5, 0.6) is 5.75 Å². The second-order valence-corrected chi connectivity index (χ2v) is 10.4. The standard InChI is InChI=1S/C32H46N2O8/c1-23-16-17-25(21-24(23)2)13-7-5-11-20-41-29(30(32(38)39)42-22-28(35)36)31(37)34(4)18-10-6-12-19-40-27-15-9-8-14-26(27)33-3/h8-9,14-17,21,29-30,33H,5-7,10-13,18-20,22H2,1-4H3,(H,35,36)(H,38,39). The van der Waals surface area contributed by atoms with E-state index in [9.17, 15) is 19.5 Å². The fourth-order valence-corrected chi connectivity index (χ4v) is 4.45. The maximum Gasteiger partial charge on any atom is 0.336 e. The minimum absolute atomic E-state index is 0.156. The number of carbonyl (C=O) groups excluding carboxylic acids is 1. The molecule has 0 saturated heterocycles. The van der Waals surface area contributed by atoms with Gasteiger partial charge in [-0.3, -0.25) is 4.79 Å². The van der Waals surface area contributed by atoms with E-state index in [0.717, 1.165) is 43.5 Å². The van der Waals surface area contributed by atoms with Crippen molar-refractivity contribution < 1.29 is 38.8 Å². The molecule has 0 aliphatic rings. The monoisotopic (exact) mass is 586 g/mol. The number of benzene rings is 2. The average molecular weight is 587 g/mol. The molecular weight excluding hydrogens is 540 g/mol. The first-order chi connectivity index (χ1) is 20.1. The third kappa shape index (κ3) is 12.1. The van der Waals surface area contributed by atoms with Gasteiger partial charge in [0.1, 0.15) is 12.4 Å². The van der Waals surface area contributed by atoms with E-state index in [1.807, 2.05) is 31.3 Å². The summed E-state index contributed by atoms with van der Waals surface area (Å²) in [6.45, 7) is 4.39. The number of carbonyl (C=O) groups is 3. The number of likely N-dealkylation sites (N-methyl/N-ethyl adjacent to an activating group) is 1. The molecular formula is C32H46N2O8. The summed E-state index contributed by atoms with van der Waals surface area (Å²) in [5, 5.41) is 21.8. The van der Waals surface area contributed by atoms with Gasteiger partial charge in [0.2, 0.25) is 0 Å². The van der Waals surface area contributed by atoms with E-state index < -0.39 is 36.7 Å². The van der Waals surface area contributed by atoms with E-state index in [-0.39, 0.29) is 6.61 Å². The SMILES string of the molecule is CNc1ccccc1OCCCCCN(C)C(=O)C(OCCCCCc1ccc(C)c(C)c1)C(OCC(=O)O)C(=O)O. The first-order valence-electron chi connectivity index (χ1n) is 14.5. The van der Waals surface area contributed by atoms with Gasteiger partial charge in [0, 0.05) is 27.2 Å². The Morgan fingerprint density at radius 2 is 1.57 bits per heavy atom. The third-order valence-corrected chi connectivity index (χ3v) is 7.05. The molecule has 0 saturated carbocycles. The van der Waals surface area contributed by atoms with Crippen LogP contribution in [0.3, 0.4) is 0 Å². The van der Waals surface area contributed by atoms with E-state index in [1.54, 1.807) is 7.05 Å². The topological polar surface area (TPSA) is 135 Å². The highest BCUT2D eigenvalue weighted by Crippen LogP contribution is 2.23. The van der Waals surface area contributed by atoms with Crippen molar-refractivity contribution in [3.8, 4) is 5.75 Å². The molecule has 0 aromatic heterocycles. The lowest BCUT2D eigenvalue weighted by Crippen LogP contribution is -2.50. The molecule has 42 heavy (non-hydrogen) atoms. The normalized spacial score (nSPS) is 12.4. The minimum atomic E-state index is -1.73. The van der Waals surface area contributed by atoms with E-state index >= 15 is 0 Å². The van der Waals surface area contributed by atoms with Crippen LogP contribution in [0.1, 0.15) is 55.2 Å². The number of carboxylic acid groups (broad SMARTS) is 2. The van der Waals surface area contributed by atoms with E-state index in [4.69, 9.17) is 19.3 Å². The van der Waals surface area contributed by atoms with Crippen molar-refractivity contribution in [3.05, 3.63) is 59.2 Å². The lowest BCUT2D eigenvalue weighted by atomic mass is 10.0. The molecule has 10 nitrogen and oxygen atoms in total. The van der Waals surface area contributed by atoms with Crippen LogP contribution in [0, 0.1) is 13.8 Å². The number of anilines is 1. The quantitative estimate of drug-likeness (QED) is 0.178. The zero-order chi connectivity index (χ0) is 30.9. The van der Waals surface area contributed by atoms with Crippen molar-refractivity contribution in [2.45, 2.75) is 71.0 Å². The molecule has 0 spiro atoms. The highest BCUT2D eigenvalue weighted by atomic mass is 16.6. The number of hydrogen-bond donors (Lipinski definition) is 3. The molecule has 232 valence electrons. The zero-order valence-electron chi connectivity index (χ0n) is 25.3. The second-order valence-electron chi connectivity index (χ2n) is 10.4. The number of amides is 1. The molecule has 0 fully saturated rings. The van der Waals surface area contributed by atoms with Gasteiger partial charge < -0.3 is 34.6 Å². The van der Waals surface area contributed by atoms with Crippen LogP contribution in [0.2, 0.25) is 0 Å². The van der Waals surface area contributed by atoms with Gasteiger partial charge in [-0.1, -0.05) is 36.8 Å². The van der Waals surface area contributed by atoms with Crippen molar-refractivity contribution in [1.29, 1.82) is 0 Å². The smallest absolute Gasteiger partial charge is 0.336 e. The molecule has 2 atom stereocenters. The molecule has 2 rings (SSSR count). The summed E-state index contributed by atoms with van der Waals surface area (Å²) in [6, 6.07) is 14.1. The summed E-state index contributed by atoms with van der Waals surface area (Å²) in [4.78, 5) is 37.6. The van der Waals surface area contributed by atoms with Crippen molar-refractivity contribution in [3.63, 3.8) is 0 Å². The molecule has 1 amide bonds. The Balaban J connectivity index is 1.84. The number of nitrogens with one attached hydrogen (secondary N) is 1. The van der Waals surface area contributed by atoms with Gasteiger partial charge in [0.25, 0.3) is 5.91 Å². The summed E-state index contributed by atoms with van der Waals surface area (Å²) in [5.41, 5.74) is 4.68. The maximum atomic E-state index is 13.3. The summed E-state index contributed by atoms with van der Waals surface area (Å²) in [7, 11) is 3.42. The number of aliphatic carboxylic acids is 2. The average Bonchev–Trinajstić information content (AvgIpc) is 2.96. The summed E-state index contributed by atoms with van der Waals surface area (Å²) in [6.07, 6.45) is 2.37. The van der Waals surface area contributed by atoms with Gasteiger partial charge in [-0.2, -0.15) is 0 Å². The fourth-order valence-electron chi connectivity index (χ4n) is 4.45. The molecule has 10 heteroatoms. The molecule has 0 aliphatic heterocycles. The van der Waals surface area contributed by atoms with E-state index in [0.29, 0.717) is 26.0 Å². The summed E-state index contributed by atoms with van der Waals surface area (Å²) >= 11 is 0. The number of aryl methyl sites for hydroxylation is 3. The highest BCUT2D eigenvalue weighted by Gasteiger charge is 2.37. The van der Waals surface area contributed by atoms with Gasteiger partial charge in [-0.15, -0.1) is 0 Å². The van der Waals surface area contributed by atoms with Crippen LogP contribution < -0.4 is 10.1 Å². The van der Waals surface area contributed by atoms with Crippen molar-refractivity contribution in [1.82, 2.24) is 4.90 Å². The van der Waals surface area contributed by atoms with Gasteiger partial charge in [0.05, 0.1) is 12.3 Å². The third-order valence-electron chi connectivity index (χ3n) is 7.05. The molecule has 2 aromatic rings. The van der Waals surface area contributed by atoms with E-state index in [1.165, 1.54) is 21.6 Å². The Labute approximate surface area is 249 Å².